The first kappa shape index (κ1) is 44.9. The summed E-state index contributed by atoms with van der Waals surface area (Å²) in [5.41, 5.74) is 5.52. The summed E-state index contributed by atoms with van der Waals surface area (Å²) in [7, 11) is 2.95. The third-order valence-corrected chi connectivity index (χ3v) is 14.6. The molecule has 2 saturated heterocycles. The molecular formula is C42H44N18O7S2. The number of carboxylic acid groups (broad SMARTS) is 1. The van der Waals surface area contributed by atoms with Crippen molar-refractivity contribution in [3.05, 3.63) is 89.9 Å². The van der Waals surface area contributed by atoms with Crippen LogP contribution in [-0.4, -0.2) is 111 Å². The zero-order chi connectivity index (χ0) is 48.4. The van der Waals surface area contributed by atoms with Crippen LogP contribution < -0.4 is 43.3 Å². The number of amides is 1. The predicted molar refractivity (Wildman–Crippen MR) is 255 cm³/mol. The number of aryl methyl sites for hydroxylation is 2. The van der Waals surface area contributed by atoms with E-state index in [0.29, 0.717) is 16.6 Å². The van der Waals surface area contributed by atoms with Gasteiger partial charge in [0.2, 0.25) is 17.8 Å². The zero-order valence-electron chi connectivity index (χ0n) is 37.4. The Bertz CT molecular complexity index is 3500. The van der Waals surface area contributed by atoms with Gasteiger partial charge in [-0.1, -0.05) is 0 Å². The molecule has 4 unspecified atom stereocenters. The third-order valence-electron chi connectivity index (χ3n) is 12.8. The number of H-pyrrole nitrogens is 2. The van der Waals surface area contributed by atoms with Crippen LogP contribution in [0.25, 0.3) is 43.5 Å². The first-order chi connectivity index (χ1) is 33.1. The number of anilines is 4. The third kappa shape index (κ3) is 8.76. The molecule has 4 fully saturated rings. The molecule has 4 aliphatic rings. The number of nitrogens with two attached hydrogens (primary N) is 1. The number of carboxylic acids is 1. The summed E-state index contributed by atoms with van der Waals surface area (Å²) in [5, 5.41) is 16.8. The van der Waals surface area contributed by atoms with Gasteiger partial charge < -0.3 is 35.1 Å². The number of imidazole rings is 2. The van der Waals surface area contributed by atoms with Crippen LogP contribution in [0.4, 0.5) is 23.5 Å². The highest BCUT2D eigenvalue weighted by Gasteiger charge is 2.46. The van der Waals surface area contributed by atoms with Gasteiger partial charge >= 0.3 is 17.3 Å². The van der Waals surface area contributed by atoms with E-state index in [1.165, 1.54) is 82.9 Å². The largest absolute Gasteiger partial charge is 0.480 e. The maximum atomic E-state index is 12.9. The Morgan fingerprint density at radius 1 is 0.681 bits per heavy atom. The number of thiazole rings is 2. The Kier molecular flexibility index (Phi) is 11.5. The fourth-order valence-corrected chi connectivity index (χ4v) is 9.97. The van der Waals surface area contributed by atoms with E-state index in [4.69, 9.17) is 10.8 Å². The number of aliphatic carboxylic acids is 1. The standard InChI is InChI=1S/C21H21N9O3S.C12H13N5S.C9H10N4O4/c1-10(30-9-24-16-15(30)18(32)27-21(33)28(16)2)17(31)25-14-8-34-19(26-14)13-4-22-20(23-5-13)29-6-11-3-12(11)7-29;13-10-6-18-11(16-10)9-2-14-12(15-3-9)17-4-7-1-8(7)5-17;1-4(8(15)16)13-3-10-6-5(13)7(14)11-9(17)12(6)2/h4-5,8-12H,3,6-7H2,1-2H3,(H,25,31)(H,27,32,33);2-3,6-8H,1,4-5,13H2;3-4H,1-2H3,(H,15,16)(H,11,14,17)/t10-,11?,12?;;4-/m0.0/s1. The molecule has 0 aromatic carbocycles. The number of rotatable bonds is 9. The van der Waals surface area contributed by atoms with Gasteiger partial charge in [0.05, 0.1) is 12.7 Å². The minimum absolute atomic E-state index is 0.0713. The van der Waals surface area contributed by atoms with E-state index in [-0.39, 0.29) is 28.2 Å². The summed E-state index contributed by atoms with van der Waals surface area (Å²) in [6.45, 7) is 7.37. The number of piperidine rings is 2. The second-order valence-corrected chi connectivity index (χ2v) is 19.2. The Balaban J connectivity index is 0.000000133. The summed E-state index contributed by atoms with van der Waals surface area (Å²) in [4.78, 5) is 114. The molecule has 356 valence electrons. The van der Waals surface area contributed by atoms with Gasteiger partial charge in [0, 0.05) is 86.9 Å². The predicted octanol–water partition coefficient (Wildman–Crippen LogP) is 1.70. The summed E-state index contributed by atoms with van der Waals surface area (Å²) in [5.74, 6) is 4.48. The van der Waals surface area contributed by atoms with Crippen LogP contribution in [0.15, 0.2) is 67.4 Å². The number of nitrogens with one attached hydrogen (secondary N) is 3. The Labute approximate surface area is 396 Å². The summed E-state index contributed by atoms with van der Waals surface area (Å²) >= 11 is 2.89. The SMILES string of the molecule is C[C@@H](C(=O)Nc1csc(-c2cnc(N3CC4CC4C3)nc2)n1)n1cnc2c1c(=O)[nH]c(=O)n2C.C[C@@H](C(=O)O)n1cnc2c1c(=O)[nH]c(=O)n2C.Nc1csc(-c2cnc(N3CC4CC4C3)nc2)n1. The number of hydrogen-bond acceptors (Lipinski definition) is 19. The number of hydrogen-bond donors (Lipinski definition) is 5. The van der Waals surface area contributed by atoms with Gasteiger partial charge in [-0.05, 0) is 50.4 Å². The number of aromatic amines is 2. The van der Waals surface area contributed by atoms with Gasteiger partial charge in [-0.15, -0.1) is 22.7 Å². The van der Waals surface area contributed by atoms with E-state index < -0.39 is 40.6 Å². The second-order valence-electron chi connectivity index (χ2n) is 17.4. The first-order valence-electron chi connectivity index (χ1n) is 21.8. The van der Waals surface area contributed by atoms with Crippen molar-refractivity contribution in [2.24, 2.45) is 37.8 Å². The van der Waals surface area contributed by atoms with E-state index in [9.17, 15) is 28.8 Å². The lowest BCUT2D eigenvalue weighted by Crippen LogP contribution is -2.31. The zero-order valence-corrected chi connectivity index (χ0v) is 39.0. The molecule has 0 radical (unpaired) electrons. The minimum Gasteiger partial charge on any atom is -0.480 e. The second kappa shape index (κ2) is 17.6. The highest BCUT2D eigenvalue weighted by Crippen LogP contribution is 2.46. The first-order valence-corrected chi connectivity index (χ1v) is 23.5. The minimum atomic E-state index is -1.09. The molecule has 6 atom stereocenters. The molecule has 0 spiro atoms. The Morgan fingerprint density at radius 2 is 1.12 bits per heavy atom. The fraction of sp³-hybridized carbons (Fsp3) is 0.381. The summed E-state index contributed by atoms with van der Waals surface area (Å²) in [6.07, 6.45) is 12.5. The normalized spacial score (nSPS) is 19.5. The topological polar surface area (TPSA) is 322 Å². The number of nitrogens with zero attached hydrogens (tertiary/aromatic N) is 14. The Morgan fingerprint density at radius 3 is 1.55 bits per heavy atom. The van der Waals surface area contributed by atoms with Crippen molar-refractivity contribution in [3.63, 3.8) is 0 Å². The highest BCUT2D eigenvalue weighted by molar-refractivity contribution is 7.13. The summed E-state index contributed by atoms with van der Waals surface area (Å²) in [6, 6.07) is -1.69. The van der Waals surface area contributed by atoms with Crippen LogP contribution in [0, 0.1) is 23.7 Å². The summed E-state index contributed by atoms with van der Waals surface area (Å²) < 4.78 is 5.03. The molecule has 27 heteroatoms. The molecule has 1 amide bonds. The van der Waals surface area contributed by atoms with Crippen LogP contribution in [0.3, 0.4) is 0 Å². The molecule has 10 heterocycles. The molecule has 25 nitrogen and oxygen atoms in total. The maximum absolute atomic E-state index is 12.9. The van der Waals surface area contributed by atoms with Crippen molar-refractivity contribution in [2.45, 2.75) is 38.8 Å². The van der Waals surface area contributed by atoms with Gasteiger partial charge in [0.1, 0.15) is 33.7 Å². The van der Waals surface area contributed by atoms with Crippen LogP contribution in [0.1, 0.15) is 38.8 Å². The van der Waals surface area contributed by atoms with Crippen molar-refractivity contribution in [1.82, 2.24) is 68.1 Å². The van der Waals surface area contributed by atoms with Crippen molar-refractivity contribution in [3.8, 4) is 21.1 Å². The molecule has 69 heavy (non-hydrogen) atoms. The molecule has 2 aliphatic carbocycles. The van der Waals surface area contributed by atoms with Gasteiger partial charge in [0.25, 0.3) is 11.1 Å². The maximum Gasteiger partial charge on any atom is 0.329 e. The van der Waals surface area contributed by atoms with Crippen molar-refractivity contribution in [2.75, 3.05) is 47.0 Å². The quantitative estimate of drug-likeness (QED) is 0.137. The number of aromatic nitrogens is 14. The van der Waals surface area contributed by atoms with Gasteiger partial charge in [0.15, 0.2) is 22.3 Å². The highest BCUT2D eigenvalue weighted by atomic mass is 32.1. The van der Waals surface area contributed by atoms with Crippen LogP contribution >= 0.6 is 22.7 Å². The molecule has 2 saturated carbocycles. The average molecular weight is 977 g/mol. The van der Waals surface area contributed by atoms with Crippen LogP contribution in [-0.2, 0) is 23.7 Å². The molecular weight excluding hydrogens is 933 g/mol. The van der Waals surface area contributed by atoms with Crippen molar-refractivity contribution < 1.29 is 14.7 Å². The molecule has 0 bridgehead atoms. The lowest BCUT2D eigenvalue weighted by molar-refractivity contribution is -0.140. The molecule has 8 aromatic heterocycles. The van der Waals surface area contributed by atoms with Crippen LogP contribution in [0.2, 0.25) is 0 Å². The number of carbonyl (C=O) groups excluding carboxylic acids is 1. The van der Waals surface area contributed by atoms with E-state index in [1.54, 1.807) is 24.7 Å². The van der Waals surface area contributed by atoms with E-state index in [1.807, 2.05) is 17.8 Å². The van der Waals surface area contributed by atoms with Gasteiger partial charge in [-0.25, -0.2) is 54.3 Å². The van der Waals surface area contributed by atoms with E-state index in [0.717, 1.165) is 82.4 Å². The van der Waals surface area contributed by atoms with Crippen molar-refractivity contribution >= 4 is 80.4 Å². The van der Waals surface area contributed by atoms with Gasteiger partial charge in [-0.3, -0.25) is 33.5 Å². The Hall–Kier alpha value is -7.94. The number of carbonyl (C=O) groups is 2. The average Bonchev–Trinajstić information content (AvgIpc) is 3.83. The van der Waals surface area contributed by atoms with Gasteiger partial charge in [-0.2, -0.15) is 0 Å². The molecule has 8 aromatic rings. The number of fused-ring (bicyclic) bond motifs is 4. The molecule has 12 rings (SSSR count). The lowest BCUT2D eigenvalue weighted by Gasteiger charge is -2.17. The molecule has 6 N–H and O–H groups in total. The lowest BCUT2D eigenvalue weighted by atomic mass is 10.3. The van der Waals surface area contributed by atoms with Crippen LogP contribution in [0.5, 0.6) is 0 Å². The fourth-order valence-electron chi connectivity index (χ4n) is 8.56. The molecule has 2 aliphatic heterocycles. The smallest absolute Gasteiger partial charge is 0.329 e. The van der Waals surface area contributed by atoms with E-state index in [2.05, 4.69) is 65.0 Å². The monoisotopic (exact) mass is 976 g/mol. The van der Waals surface area contributed by atoms with E-state index >= 15 is 0 Å². The van der Waals surface area contributed by atoms with Crippen molar-refractivity contribution in [1.29, 1.82) is 0 Å². The number of nitrogen functional groups attached to an aromatic ring is 1.